The van der Waals surface area contributed by atoms with Crippen LogP contribution < -0.4 is 43.6 Å². The number of halogens is 2. The Kier molecular flexibility index (Phi) is 36.0. The van der Waals surface area contributed by atoms with E-state index in [0.29, 0.717) is 165 Å². The Morgan fingerprint density at radius 1 is 0.500 bits per heavy atom. The van der Waals surface area contributed by atoms with E-state index in [1.54, 1.807) is 14.7 Å². The molecule has 3 amide bonds. The van der Waals surface area contributed by atoms with Gasteiger partial charge in [0, 0.05) is 153 Å². The van der Waals surface area contributed by atoms with Gasteiger partial charge in [0.1, 0.15) is 72.4 Å². The molecule has 0 radical (unpaired) electrons. The summed E-state index contributed by atoms with van der Waals surface area (Å²) in [6, 6.07) is 32.4. The normalized spacial score (nSPS) is 20.3. The molecular formula is C94H124F2N20O7S5. The van der Waals surface area contributed by atoms with Crippen molar-refractivity contribution in [1.29, 1.82) is 0 Å². The lowest BCUT2D eigenvalue weighted by molar-refractivity contribution is -0.129. The largest absolute Gasteiger partial charge is 0.506 e. The van der Waals surface area contributed by atoms with Crippen LogP contribution in [0.25, 0.3) is 31.2 Å². The molecule has 6 atom stereocenters. The number of amides is 3. The quantitative estimate of drug-likeness (QED) is 0.0492. The van der Waals surface area contributed by atoms with Crippen molar-refractivity contribution in [3.63, 3.8) is 0 Å². The van der Waals surface area contributed by atoms with Gasteiger partial charge in [0.15, 0.2) is 0 Å². The minimum absolute atomic E-state index is 0. The average Bonchev–Trinajstić information content (AvgIpc) is 0.901. The zero-order valence-electron chi connectivity index (χ0n) is 74.1. The van der Waals surface area contributed by atoms with Crippen molar-refractivity contribution >= 4 is 141 Å². The number of carbonyl (C=O) groups excluding carboxylic acids is 3. The number of aromatic nitrogens is 6. The van der Waals surface area contributed by atoms with Crippen LogP contribution in [0.2, 0.25) is 0 Å². The van der Waals surface area contributed by atoms with Gasteiger partial charge < -0.3 is 78.0 Å². The number of para-hydroxylation sites is 1. The molecular weight excluding hydrogens is 1720 g/mol. The maximum Gasteiger partial charge on any atom is 0.318 e. The van der Waals surface area contributed by atoms with Gasteiger partial charge in [-0.3, -0.25) is 24.2 Å². The summed E-state index contributed by atoms with van der Waals surface area (Å²) in [6.07, 6.45) is 12.9. The number of phenolic OH excluding ortho intramolecular Hbond substituents is 1. The second kappa shape index (κ2) is 46.0. The number of ether oxygens (including phenoxy) is 3. The zero-order valence-corrected chi connectivity index (χ0v) is 79.1. The van der Waals surface area contributed by atoms with Gasteiger partial charge >= 0.3 is 18.0 Å². The maximum absolute atomic E-state index is 14.7. The predicted octanol–water partition coefficient (Wildman–Crippen LogP) is 12.0. The number of piperazine rings is 3. The lowest BCUT2D eigenvalue weighted by atomic mass is 10.0. The van der Waals surface area contributed by atoms with Crippen molar-refractivity contribution in [3.8, 4) is 23.8 Å². The minimum Gasteiger partial charge on any atom is -0.506 e. The molecule has 9 aliphatic heterocycles. The fourth-order valence-corrected chi connectivity index (χ4v) is 19.5. The first kappa shape index (κ1) is 100. The standard InChI is InChI=1S/C34H41N7O2.C33H38FN7O2.C27H35FN6O3.5H2S/c1-5-32(42)41-19-18-39(21-27(41)20-35-4)33-29-15-17-38(31-14-8-11-25-10-6-7-13-28(25)31)22-30(29)36-34(37-33)43-23-26-12-9-16-40(26)24(2)3;1-4-31(42)41-18-17-40(20-24(41)19-35-3)32-27-14-16-39(30-13-12-28(34)25-10-6-7-11-26(25)30)21-29(27)36-33(37-32)43-22-23-9-8-15-38(23)5-2;1-4-24(36)32-13-14-34(18(2)15-32)26-20-10-12-33(25-21(28)8-5-9-23(25)35)16-22(20)29-27(30-26)37-17-19-7-6-11-31(19)3;;;;;/h5-8,10-11,13-14,24,26-27H,1,9,12,15-23H2,2-3H3;4,6-7,10-13,23-24H,1,5,8-9,14-22H2,2H3;4-5,8-9,18-19,35H,1,6-7,10-17H2,2-3H3;5*1H2/t26-,27-;23-,24?;18-,19-;;;;;/m000...../s1. The van der Waals surface area contributed by atoms with Gasteiger partial charge in [0.25, 0.3) is 0 Å². The van der Waals surface area contributed by atoms with E-state index in [1.807, 2.05) is 35.2 Å². The summed E-state index contributed by atoms with van der Waals surface area (Å²) in [4.78, 5) is 99.9. The van der Waals surface area contributed by atoms with Crippen LogP contribution in [0.3, 0.4) is 0 Å². The zero-order chi connectivity index (χ0) is 86.0. The van der Waals surface area contributed by atoms with Gasteiger partial charge in [-0.1, -0.05) is 93.4 Å². The van der Waals surface area contributed by atoms with E-state index < -0.39 is 5.82 Å². The van der Waals surface area contributed by atoms with Gasteiger partial charge in [-0.15, -0.1) is 0 Å². The molecule has 9 aliphatic rings. The molecule has 0 bridgehead atoms. The second-order valence-electron chi connectivity index (χ2n) is 33.6. The van der Waals surface area contributed by atoms with Crippen LogP contribution in [0.15, 0.2) is 135 Å². The summed E-state index contributed by atoms with van der Waals surface area (Å²) in [6.45, 7) is 49.6. The van der Waals surface area contributed by atoms with Crippen molar-refractivity contribution in [2.24, 2.45) is 0 Å². The van der Waals surface area contributed by atoms with Crippen LogP contribution >= 0.6 is 67.5 Å². The summed E-state index contributed by atoms with van der Waals surface area (Å²) >= 11 is 0. The Labute approximate surface area is 786 Å². The highest BCUT2D eigenvalue weighted by Gasteiger charge is 2.40. The Morgan fingerprint density at radius 2 is 0.984 bits per heavy atom. The number of carbonyl (C=O) groups is 3. The molecule has 34 heteroatoms. The van der Waals surface area contributed by atoms with Crippen molar-refractivity contribution in [3.05, 3.63) is 203 Å². The van der Waals surface area contributed by atoms with Crippen LogP contribution in [0, 0.1) is 24.8 Å². The average molecular weight is 1840 g/mol. The van der Waals surface area contributed by atoms with Gasteiger partial charge in [0.05, 0.1) is 36.7 Å². The van der Waals surface area contributed by atoms with Crippen LogP contribution in [-0.2, 0) is 53.3 Å². The number of nitrogens with zero attached hydrogens (tertiary/aromatic N) is 20. The summed E-state index contributed by atoms with van der Waals surface area (Å²) < 4.78 is 48.1. The van der Waals surface area contributed by atoms with E-state index in [1.165, 1.54) is 65.4 Å². The molecule has 0 spiro atoms. The van der Waals surface area contributed by atoms with Crippen LogP contribution in [0.1, 0.15) is 100.0 Å². The summed E-state index contributed by atoms with van der Waals surface area (Å²) in [7, 11) is 2.10. The number of aromatic hydroxyl groups is 1. The number of anilines is 6. The first-order chi connectivity index (χ1) is 59.8. The number of likely N-dealkylation sites (N-methyl/N-ethyl adjacent to an activating group) is 2. The van der Waals surface area contributed by atoms with Gasteiger partial charge in [0.2, 0.25) is 30.8 Å². The third kappa shape index (κ3) is 22.3. The van der Waals surface area contributed by atoms with E-state index in [-0.39, 0.29) is 134 Å². The number of hydrogen-bond acceptors (Lipinski definition) is 22. The third-order valence-electron chi connectivity index (χ3n) is 26.0. The highest BCUT2D eigenvalue weighted by Crippen LogP contribution is 2.41. The first-order valence-electron chi connectivity index (χ1n) is 43.7. The molecule has 12 heterocycles. The second-order valence-corrected chi connectivity index (χ2v) is 33.6. The Hall–Kier alpha value is -10.0. The minimum atomic E-state index is -0.463. The van der Waals surface area contributed by atoms with Crippen molar-refractivity contribution in [1.82, 2.24) is 59.3 Å². The fraction of sp³-hybridized carbons (Fsp3) is 0.479. The highest BCUT2D eigenvalue weighted by molar-refractivity contribution is 7.60. The third-order valence-corrected chi connectivity index (χ3v) is 26.0. The molecule has 1 N–H and O–H groups in total. The molecule has 6 fully saturated rings. The van der Waals surface area contributed by atoms with E-state index in [2.05, 4.69) is 146 Å². The van der Waals surface area contributed by atoms with Crippen molar-refractivity contribution in [2.75, 3.05) is 174 Å². The fourth-order valence-electron chi connectivity index (χ4n) is 19.5. The summed E-state index contributed by atoms with van der Waals surface area (Å²) in [5.74, 6) is 1.39. The molecule has 8 aromatic rings. The van der Waals surface area contributed by atoms with Crippen LogP contribution in [0.4, 0.5) is 43.3 Å². The predicted molar refractivity (Wildman–Crippen MR) is 528 cm³/mol. The van der Waals surface area contributed by atoms with Crippen LogP contribution in [-0.4, -0.2) is 269 Å². The Morgan fingerprint density at radius 3 is 1.53 bits per heavy atom. The van der Waals surface area contributed by atoms with E-state index in [9.17, 15) is 28.3 Å². The molecule has 1 unspecified atom stereocenters. The lowest BCUT2D eigenvalue weighted by Gasteiger charge is -2.42. The molecule has 17 rings (SSSR count). The highest BCUT2D eigenvalue weighted by atomic mass is 32.1. The maximum atomic E-state index is 14.7. The number of hydrogen-bond donors (Lipinski definition) is 1. The van der Waals surface area contributed by atoms with Gasteiger partial charge in [-0.25, -0.2) is 21.9 Å². The van der Waals surface area contributed by atoms with Gasteiger partial charge in [-0.05, 0) is 166 Å². The first-order valence-corrected chi connectivity index (χ1v) is 43.7. The Balaban J connectivity index is 0.000000197. The van der Waals surface area contributed by atoms with Gasteiger partial charge in [-0.2, -0.15) is 97.4 Å². The molecule has 6 saturated heterocycles. The molecule has 27 nitrogen and oxygen atoms in total. The lowest BCUT2D eigenvalue weighted by Crippen LogP contribution is -2.56. The number of rotatable bonds is 22. The summed E-state index contributed by atoms with van der Waals surface area (Å²) in [5.41, 5.74) is 8.23. The molecule has 0 saturated carbocycles. The molecule has 686 valence electrons. The molecule has 128 heavy (non-hydrogen) atoms. The monoisotopic (exact) mass is 1840 g/mol. The van der Waals surface area contributed by atoms with E-state index in [4.69, 9.17) is 57.3 Å². The molecule has 3 aromatic heterocycles. The van der Waals surface area contributed by atoms with Crippen LogP contribution in [0.5, 0.6) is 23.8 Å². The van der Waals surface area contributed by atoms with E-state index in [0.717, 1.165) is 140 Å². The molecule has 0 aliphatic carbocycles. The number of phenols is 1. The number of fused-ring (bicyclic) bond motifs is 5. The number of benzene rings is 5. The molecule has 5 aromatic carbocycles. The smallest absolute Gasteiger partial charge is 0.318 e. The Bertz CT molecular complexity index is 5230. The summed E-state index contributed by atoms with van der Waals surface area (Å²) in [5, 5.41) is 14.3. The van der Waals surface area contributed by atoms with E-state index >= 15 is 0 Å². The SMILES string of the molecule is C=CC(=O)N1CCN(c2nc(OC[C@@H]3CCCN3C)nc3c2CCN(c2c(O)cccc2F)C3)[C@@H](C)C1.S.S.S.S.S.[C-]#[N+]CC1CN(c2nc(OC[C@@H]3CCCN3CC)nc3c2CCN(c2ccc(F)c4ccccc24)C3)CCN1C(=O)C=C.[C-]#[N+]C[C@H]1CN(c2nc(OC[C@@H]3CCCN3C(C)C)nc3c2CCN(c2cccc4ccccc24)C3)CCN1C(=O)C=C. The van der Waals surface area contributed by atoms with Crippen molar-refractivity contribution < 1.29 is 42.5 Å². The number of likely N-dealkylation sites (tertiary alicyclic amines) is 3. The topological polar surface area (TPSA) is 224 Å². The van der Waals surface area contributed by atoms with Crippen molar-refractivity contribution in [2.45, 2.75) is 147 Å².